The van der Waals surface area contributed by atoms with Gasteiger partial charge in [0, 0.05) is 12.2 Å². The van der Waals surface area contributed by atoms with Crippen LogP contribution in [-0.2, 0) is 4.74 Å². The van der Waals surface area contributed by atoms with Crippen molar-refractivity contribution in [3.8, 4) is 11.5 Å². The molecule has 5 heteroatoms. The van der Waals surface area contributed by atoms with E-state index in [0.29, 0.717) is 25.3 Å². The van der Waals surface area contributed by atoms with Crippen molar-refractivity contribution in [2.75, 3.05) is 19.8 Å². The average molecular weight is 341 g/mol. The van der Waals surface area contributed by atoms with Crippen molar-refractivity contribution in [2.45, 2.75) is 24.9 Å². The van der Waals surface area contributed by atoms with Gasteiger partial charge in [0.15, 0.2) is 0 Å². The quantitative estimate of drug-likeness (QED) is 0.847. The van der Waals surface area contributed by atoms with E-state index in [2.05, 4.69) is 5.32 Å². The minimum Gasteiger partial charge on any atom is -0.508 e. The van der Waals surface area contributed by atoms with Crippen molar-refractivity contribution in [1.82, 2.24) is 5.32 Å². The second kappa shape index (κ2) is 8.03. The van der Waals surface area contributed by atoms with Crippen molar-refractivity contribution in [3.05, 3.63) is 60.2 Å². The number of amides is 1. The van der Waals surface area contributed by atoms with Gasteiger partial charge in [0.1, 0.15) is 23.7 Å². The largest absolute Gasteiger partial charge is 0.508 e. The fourth-order valence-corrected chi connectivity index (χ4v) is 2.90. The van der Waals surface area contributed by atoms with Gasteiger partial charge in [-0.1, -0.05) is 18.2 Å². The molecule has 0 aromatic heterocycles. The molecule has 0 aliphatic carbocycles. The van der Waals surface area contributed by atoms with E-state index < -0.39 is 5.60 Å². The Bertz CT molecular complexity index is 679. The van der Waals surface area contributed by atoms with Gasteiger partial charge in [0.2, 0.25) is 0 Å². The first-order valence-electron chi connectivity index (χ1n) is 8.56. The molecule has 1 fully saturated rings. The van der Waals surface area contributed by atoms with Gasteiger partial charge in [-0.3, -0.25) is 4.79 Å². The predicted octanol–water partition coefficient (Wildman–Crippen LogP) is 3.14. The Kier molecular flexibility index (Phi) is 5.56. The number of phenols is 1. The zero-order chi connectivity index (χ0) is 17.5. The number of hydrogen-bond acceptors (Lipinski definition) is 4. The summed E-state index contributed by atoms with van der Waals surface area (Å²) in [5.41, 5.74) is -0.00606. The first kappa shape index (κ1) is 17.3. The first-order valence-corrected chi connectivity index (χ1v) is 8.56. The molecule has 1 saturated heterocycles. The van der Waals surface area contributed by atoms with E-state index in [4.69, 9.17) is 9.47 Å². The molecule has 1 atom stereocenters. The smallest absolute Gasteiger partial charge is 0.251 e. The van der Waals surface area contributed by atoms with Crippen molar-refractivity contribution < 1.29 is 19.4 Å². The molecule has 0 radical (unpaired) electrons. The summed E-state index contributed by atoms with van der Waals surface area (Å²) in [5, 5.41) is 12.3. The molecule has 1 aliphatic rings. The molecule has 2 aromatic carbocycles. The Morgan fingerprint density at radius 1 is 1.12 bits per heavy atom. The van der Waals surface area contributed by atoms with Crippen molar-refractivity contribution >= 4 is 5.91 Å². The molecule has 25 heavy (non-hydrogen) atoms. The van der Waals surface area contributed by atoms with Crippen LogP contribution in [0.25, 0.3) is 0 Å². The van der Waals surface area contributed by atoms with E-state index in [1.807, 2.05) is 30.3 Å². The summed E-state index contributed by atoms with van der Waals surface area (Å²) >= 11 is 0. The average Bonchev–Trinajstić information content (AvgIpc) is 2.67. The third-order valence-corrected chi connectivity index (χ3v) is 4.38. The van der Waals surface area contributed by atoms with Crippen molar-refractivity contribution in [3.63, 3.8) is 0 Å². The SMILES string of the molecule is O=C(NC[C@@]1(COc2ccccc2)CCCCO1)c1ccc(O)cc1. The van der Waals surface area contributed by atoms with Gasteiger partial charge in [-0.05, 0) is 55.7 Å². The van der Waals surface area contributed by atoms with E-state index in [-0.39, 0.29) is 11.7 Å². The van der Waals surface area contributed by atoms with Crippen molar-refractivity contribution in [2.24, 2.45) is 0 Å². The molecule has 0 spiro atoms. The number of carbonyl (C=O) groups is 1. The van der Waals surface area contributed by atoms with Gasteiger partial charge in [-0.25, -0.2) is 0 Å². The molecule has 5 nitrogen and oxygen atoms in total. The molecular formula is C20H23NO4. The highest BCUT2D eigenvalue weighted by Crippen LogP contribution is 2.26. The third-order valence-electron chi connectivity index (χ3n) is 4.38. The molecular weight excluding hydrogens is 318 g/mol. The fourth-order valence-electron chi connectivity index (χ4n) is 2.90. The summed E-state index contributed by atoms with van der Waals surface area (Å²) in [6.45, 7) is 1.46. The number of rotatable bonds is 6. The highest BCUT2D eigenvalue weighted by Gasteiger charge is 2.35. The Hall–Kier alpha value is -2.53. The molecule has 1 heterocycles. The van der Waals surface area contributed by atoms with E-state index in [9.17, 15) is 9.90 Å². The molecule has 132 valence electrons. The number of carbonyl (C=O) groups excluding carboxylic acids is 1. The van der Waals surface area contributed by atoms with E-state index in [0.717, 1.165) is 25.0 Å². The van der Waals surface area contributed by atoms with Crippen molar-refractivity contribution in [1.29, 1.82) is 0 Å². The molecule has 2 aromatic rings. The predicted molar refractivity (Wildman–Crippen MR) is 94.9 cm³/mol. The minimum atomic E-state index is -0.513. The number of phenolic OH excluding ortho intramolecular Hbond substituents is 1. The van der Waals surface area contributed by atoms with Gasteiger partial charge in [0.25, 0.3) is 5.91 Å². The second-order valence-corrected chi connectivity index (χ2v) is 6.32. The Morgan fingerprint density at radius 3 is 2.56 bits per heavy atom. The lowest BCUT2D eigenvalue weighted by molar-refractivity contribution is -0.0983. The zero-order valence-corrected chi connectivity index (χ0v) is 14.1. The number of hydrogen-bond donors (Lipinski definition) is 2. The molecule has 1 aliphatic heterocycles. The molecule has 0 saturated carbocycles. The summed E-state index contributed by atoms with van der Waals surface area (Å²) < 4.78 is 11.9. The Balaban J connectivity index is 1.62. The Labute approximate surface area is 147 Å². The van der Waals surface area contributed by atoms with Crippen LogP contribution < -0.4 is 10.1 Å². The number of benzene rings is 2. The summed E-state index contributed by atoms with van der Waals surface area (Å²) in [4.78, 5) is 12.3. The van der Waals surface area contributed by atoms with Gasteiger partial charge in [-0.15, -0.1) is 0 Å². The molecule has 1 amide bonds. The van der Waals surface area contributed by atoms with E-state index in [1.165, 1.54) is 12.1 Å². The summed E-state index contributed by atoms with van der Waals surface area (Å²) in [5.74, 6) is 0.745. The number of nitrogens with one attached hydrogen (secondary N) is 1. The van der Waals surface area contributed by atoms with Gasteiger partial charge >= 0.3 is 0 Å². The normalized spacial score (nSPS) is 20.0. The Morgan fingerprint density at radius 2 is 1.88 bits per heavy atom. The van der Waals surface area contributed by atoms with Crippen LogP contribution in [0.5, 0.6) is 11.5 Å². The van der Waals surface area contributed by atoms with Crippen LogP contribution in [0.3, 0.4) is 0 Å². The van der Waals surface area contributed by atoms with Gasteiger partial charge in [0.05, 0.1) is 6.54 Å². The second-order valence-electron chi connectivity index (χ2n) is 6.32. The minimum absolute atomic E-state index is 0.139. The summed E-state index contributed by atoms with van der Waals surface area (Å²) in [6, 6.07) is 15.8. The lowest BCUT2D eigenvalue weighted by Crippen LogP contribution is -2.51. The lowest BCUT2D eigenvalue weighted by Gasteiger charge is -2.37. The zero-order valence-electron chi connectivity index (χ0n) is 14.1. The number of ether oxygens (including phenoxy) is 2. The van der Waals surface area contributed by atoms with E-state index in [1.54, 1.807) is 12.1 Å². The van der Waals surface area contributed by atoms with Crippen LogP contribution in [0.2, 0.25) is 0 Å². The standard InChI is InChI=1S/C20H23NO4/c22-17-10-8-16(9-11-17)19(23)21-14-20(12-4-5-13-25-20)15-24-18-6-2-1-3-7-18/h1-3,6-11,22H,4-5,12-15H2,(H,21,23)/t20-/m1/s1. The lowest BCUT2D eigenvalue weighted by atomic mass is 9.94. The maximum atomic E-state index is 12.3. The van der Waals surface area contributed by atoms with Gasteiger partial charge < -0.3 is 19.9 Å². The van der Waals surface area contributed by atoms with Crippen LogP contribution in [0.1, 0.15) is 29.6 Å². The van der Waals surface area contributed by atoms with Crippen LogP contribution in [0.4, 0.5) is 0 Å². The van der Waals surface area contributed by atoms with Gasteiger partial charge in [-0.2, -0.15) is 0 Å². The van der Waals surface area contributed by atoms with Crippen LogP contribution >= 0.6 is 0 Å². The summed E-state index contributed by atoms with van der Waals surface area (Å²) in [7, 11) is 0. The maximum Gasteiger partial charge on any atom is 0.251 e. The first-order chi connectivity index (χ1) is 12.2. The fraction of sp³-hybridized carbons (Fsp3) is 0.350. The molecule has 0 bridgehead atoms. The van der Waals surface area contributed by atoms with Crippen LogP contribution in [0.15, 0.2) is 54.6 Å². The maximum absolute atomic E-state index is 12.3. The summed E-state index contributed by atoms with van der Waals surface area (Å²) in [6.07, 6.45) is 2.92. The van der Waals surface area contributed by atoms with Crippen LogP contribution in [0, 0.1) is 0 Å². The highest BCUT2D eigenvalue weighted by atomic mass is 16.5. The molecule has 0 unspecified atom stereocenters. The van der Waals surface area contributed by atoms with E-state index >= 15 is 0 Å². The molecule has 2 N–H and O–H groups in total. The number of para-hydroxylation sites is 1. The monoisotopic (exact) mass is 341 g/mol. The molecule has 3 rings (SSSR count). The number of aromatic hydroxyl groups is 1. The topological polar surface area (TPSA) is 67.8 Å². The van der Waals surface area contributed by atoms with Crippen LogP contribution in [-0.4, -0.2) is 36.4 Å². The third kappa shape index (κ3) is 4.73. The highest BCUT2D eigenvalue weighted by molar-refractivity contribution is 5.94.